The van der Waals surface area contributed by atoms with Crippen LogP contribution in [-0.4, -0.2) is 28.1 Å². The van der Waals surface area contributed by atoms with Crippen LogP contribution in [0.2, 0.25) is 0 Å². The monoisotopic (exact) mass is 294 g/mol. The first kappa shape index (κ1) is 13.9. The van der Waals surface area contributed by atoms with Crippen molar-refractivity contribution < 1.29 is 9.90 Å². The SMILES string of the molecule is CCc1csc(N2C(C(=O)O)CCC3CCCCC32)n1. The van der Waals surface area contributed by atoms with Gasteiger partial charge in [0.25, 0.3) is 0 Å². The van der Waals surface area contributed by atoms with Crippen molar-refractivity contribution in [3.05, 3.63) is 11.1 Å². The number of thiazole rings is 1. The Kier molecular flexibility index (Phi) is 3.96. The highest BCUT2D eigenvalue weighted by Crippen LogP contribution is 2.41. The maximum atomic E-state index is 11.6. The number of nitrogens with zero attached hydrogens (tertiary/aromatic N) is 2. The van der Waals surface area contributed by atoms with E-state index in [1.165, 1.54) is 19.3 Å². The van der Waals surface area contributed by atoms with E-state index in [4.69, 9.17) is 0 Å². The second kappa shape index (κ2) is 5.72. The Morgan fingerprint density at radius 1 is 1.40 bits per heavy atom. The van der Waals surface area contributed by atoms with Gasteiger partial charge < -0.3 is 10.0 Å². The summed E-state index contributed by atoms with van der Waals surface area (Å²) in [7, 11) is 0. The van der Waals surface area contributed by atoms with Crippen LogP contribution in [0.3, 0.4) is 0 Å². The number of anilines is 1. The Morgan fingerprint density at radius 2 is 2.20 bits per heavy atom. The lowest BCUT2D eigenvalue weighted by molar-refractivity contribution is -0.139. The van der Waals surface area contributed by atoms with Crippen LogP contribution in [0.15, 0.2) is 5.38 Å². The van der Waals surface area contributed by atoms with Gasteiger partial charge in [-0.1, -0.05) is 19.8 Å². The van der Waals surface area contributed by atoms with E-state index in [0.29, 0.717) is 12.0 Å². The molecule has 1 aliphatic heterocycles. The smallest absolute Gasteiger partial charge is 0.326 e. The summed E-state index contributed by atoms with van der Waals surface area (Å²) in [6.45, 7) is 2.09. The lowest BCUT2D eigenvalue weighted by atomic mass is 9.76. The van der Waals surface area contributed by atoms with Gasteiger partial charge in [-0.2, -0.15) is 0 Å². The number of rotatable bonds is 3. The Morgan fingerprint density at radius 3 is 2.90 bits per heavy atom. The predicted molar refractivity (Wildman–Crippen MR) is 80.4 cm³/mol. The standard InChI is InChI=1S/C15H22N2O2S/c1-2-11-9-20-15(16-11)17-12-6-4-3-5-10(12)7-8-13(17)14(18)19/h9-10,12-13H,2-8H2,1H3,(H,18,19). The van der Waals surface area contributed by atoms with Gasteiger partial charge >= 0.3 is 5.97 Å². The lowest BCUT2D eigenvalue weighted by Crippen LogP contribution is -2.55. The first-order chi connectivity index (χ1) is 9.70. The molecule has 1 saturated carbocycles. The van der Waals surface area contributed by atoms with Crippen LogP contribution in [-0.2, 0) is 11.2 Å². The molecule has 4 nitrogen and oxygen atoms in total. The fourth-order valence-corrected chi connectivity index (χ4v) is 4.74. The molecule has 2 aliphatic rings. The number of fused-ring (bicyclic) bond motifs is 1. The van der Waals surface area contributed by atoms with Crippen LogP contribution in [0.1, 0.15) is 51.1 Å². The first-order valence-electron chi connectivity index (χ1n) is 7.66. The van der Waals surface area contributed by atoms with Crippen LogP contribution in [0, 0.1) is 5.92 Å². The first-order valence-corrected chi connectivity index (χ1v) is 8.54. The van der Waals surface area contributed by atoms with Crippen LogP contribution in [0.4, 0.5) is 5.13 Å². The molecule has 0 aromatic carbocycles. The van der Waals surface area contributed by atoms with Crippen molar-refractivity contribution in [2.24, 2.45) is 5.92 Å². The molecule has 2 fully saturated rings. The summed E-state index contributed by atoms with van der Waals surface area (Å²) in [6.07, 6.45) is 7.62. The number of hydrogen-bond acceptors (Lipinski definition) is 4. The van der Waals surface area contributed by atoms with E-state index < -0.39 is 5.97 Å². The molecule has 0 spiro atoms. The number of hydrogen-bond donors (Lipinski definition) is 1. The molecule has 0 amide bonds. The van der Waals surface area contributed by atoms with Crippen molar-refractivity contribution in [2.45, 2.75) is 64.0 Å². The topological polar surface area (TPSA) is 53.4 Å². The van der Waals surface area contributed by atoms with Crippen molar-refractivity contribution in [2.75, 3.05) is 4.90 Å². The molecule has 2 heterocycles. The molecule has 5 heteroatoms. The zero-order valence-corrected chi connectivity index (χ0v) is 12.7. The highest BCUT2D eigenvalue weighted by atomic mass is 32.1. The molecule has 1 N–H and O–H groups in total. The molecule has 0 radical (unpaired) electrons. The molecule has 3 unspecified atom stereocenters. The van der Waals surface area contributed by atoms with Crippen LogP contribution >= 0.6 is 11.3 Å². The molecule has 1 aliphatic carbocycles. The normalized spacial score (nSPS) is 30.1. The van der Waals surface area contributed by atoms with Gasteiger partial charge in [-0.25, -0.2) is 9.78 Å². The number of piperidine rings is 1. The minimum atomic E-state index is -0.692. The lowest BCUT2D eigenvalue weighted by Gasteiger charge is -2.47. The van der Waals surface area contributed by atoms with E-state index in [-0.39, 0.29) is 6.04 Å². The Hall–Kier alpha value is -1.10. The zero-order chi connectivity index (χ0) is 14.1. The van der Waals surface area contributed by atoms with E-state index in [1.54, 1.807) is 11.3 Å². The van der Waals surface area contributed by atoms with E-state index in [2.05, 4.69) is 22.2 Å². The second-order valence-electron chi connectivity index (χ2n) is 5.93. The van der Waals surface area contributed by atoms with Crippen molar-refractivity contribution >= 4 is 22.4 Å². The average molecular weight is 294 g/mol. The van der Waals surface area contributed by atoms with Gasteiger partial charge in [-0.05, 0) is 38.0 Å². The molecular weight excluding hydrogens is 272 g/mol. The van der Waals surface area contributed by atoms with Gasteiger partial charge in [0, 0.05) is 11.4 Å². The summed E-state index contributed by atoms with van der Waals surface area (Å²) >= 11 is 1.61. The zero-order valence-electron chi connectivity index (χ0n) is 11.9. The van der Waals surface area contributed by atoms with Gasteiger partial charge in [0.05, 0.1) is 5.69 Å². The number of carbonyl (C=O) groups is 1. The fraction of sp³-hybridized carbons (Fsp3) is 0.733. The highest BCUT2D eigenvalue weighted by molar-refractivity contribution is 7.13. The molecule has 110 valence electrons. The van der Waals surface area contributed by atoms with Gasteiger partial charge in [0.2, 0.25) is 0 Å². The third-order valence-electron chi connectivity index (χ3n) is 4.78. The Labute approximate surface area is 123 Å². The number of aryl methyl sites for hydroxylation is 1. The molecule has 1 aromatic heterocycles. The summed E-state index contributed by atoms with van der Waals surface area (Å²) in [5.74, 6) is -0.0319. The van der Waals surface area contributed by atoms with Gasteiger partial charge in [-0.15, -0.1) is 11.3 Å². The largest absolute Gasteiger partial charge is 0.480 e. The maximum Gasteiger partial charge on any atom is 0.326 e. The van der Waals surface area contributed by atoms with E-state index in [1.807, 2.05) is 0 Å². The Balaban J connectivity index is 1.92. The van der Waals surface area contributed by atoms with Crippen LogP contribution < -0.4 is 4.90 Å². The number of carboxylic acids is 1. The molecule has 3 atom stereocenters. The summed E-state index contributed by atoms with van der Waals surface area (Å²) < 4.78 is 0. The van der Waals surface area contributed by atoms with Crippen LogP contribution in [0.25, 0.3) is 0 Å². The summed E-state index contributed by atoms with van der Waals surface area (Å²) in [5.41, 5.74) is 1.08. The number of aromatic nitrogens is 1. The van der Waals surface area contributed by atoms with Crippen molar-refractivity contribution in [1.82, 2.24) is 4.98 Å². The summed E-state index contributed by atoms with van der Waals surface area (Å²) in [6, 6.07) is -0.000313. The molecular formula is C15H22N2O2S. The molecule has 1 saturated heterocycles. The highest BCUT2D eigenvalue weighted by Gasteiger charge is 2.42. The second-order valence-corrected chi connectivity index (χ2v) is 6.76. The number of carboxylic acid groups (broad SMARTS) is 1. The van der Waals surface area contributed by atoms with Gasteiger partial charge in [0.1, 0.15) is 6.04 Å². The minimum absolute atomic E-state index is 0.384. The molecule has 0 bridgehead atoms. The van der Waals surface area contributed by atoms with Crippen LogP contribution in [0.5, 0.6) is 0 Å². The predicted octanol–water partition coefficient (Wildman–Crippen LogP) is 3.32. The fourth-order valence-electron chi connectivity index (χ4n) is 3.73. The maximum absolute atomic E-state index is 11.6. The van der Waals surface area contributed by atoms with E-state index >= 15 is 0 Å². The summed E-state index contributed by atoms with van der Waals surface area (Å²) in [5, 5.41) is 12.6. The van der Waals surface area contributed by atoms with Gasteiger partial charge in [0.15, 0.2) is 5.13 Å². The van der Waals surface area contributed by atoms with E-state index in [0.717, 1.165) is 36.5 Å². The molecule has 20 heavy (non-hydrogen) atoms. The molecule has 3 rings (SSSR count). The number of aliphatic carboxylic acids is 1. The minimum Gasteiger partial charge on any atom is -0.480 e. The third-order valence-corrected chi connectivity index (χ3v) is 5.68. The average Bonchev–Trinajstić information content (AvgIpc) is 2.94. The van der Waals surface area contributed by atoms with E-state index in [9.17, 15) is 9.90 Å². The summed E-state index contributed by atoms with van der Waals surface area (Å²) in [4.78, 5) is 18.4. The third kappa shape index (κ3) is 2.43. The van der Waals surface area contributed by atoms with Crippen molar-refractivity contribution in [3.8, 4) is 0 Å². The quantitative estimate of drug-likeness (QED) is 0.929. The van der Waals surface area contributed by atoms with Crippen molar-refractivity contribution in [1.29, 1.82) is 0 Å². The van der Waals surface area contributed by atoms with Gasteiger partial charge in [-0.3, -0.25) is 0 Å². The molecule has 1 aromatic rings. The Bertz CT molecular complexity index is 488. The van der Waals surface area contributed by atoms with Crippen molar-refractivity contribution in [3.63, 3.8) is 0 Å².